The van der Waals surface area contributed by atoms with Crippen LogP contribution in [0.3, 0.4) is 0 Å². The van der Waals surface area contributed by atoms with Crippen LogP contribution in [0.1, 0.15) is 25.5 Å². The van der Waals surface area contributed by atoms with Crippen molar-refractivity contribution in [2.24, 2.45) is 0 Å². The topological polar surface area (TPSA) is 76.0 Å². The summed E-state index contributed by atoms with van der Waals surface area (Å²) in [5.74, 6) is 0.528. The molecule has 3 rings (SSSR count). The molecule has 0 fully saturated rings. The summed E-state index contributed by atoms with van der Waals surface area (Å²) >= 11 is 1.58. The number of anilines is 2. The maximum atomic E-state index is 12.5. The number of nitrogens with zero attached hydrogens (tertiary/aromatic N) is 2. The monoisotopic (exact) mass is 408 g/mol. The normalized spacial score (nSPS) is 12.8. The molecule has 3 aromatic rings. The molecule has 0 spiro atoms. The maximum absolute atomic E-state index is 12.5. The molecular weight excluding hydrogens is 384 g/mol. The van der Waals surface area contributed by atoms with Gasteiger partial charge in [0.1, 0.15) is 6.04 Å². The van der Waals surface area contributed by atoms with Gasteiger partial charge in [-0.15, -0.1) is 11.8 Å². The molecule has 2 amide bonds. The zero-order chi connectivity index (χ0) is 20.6. The van der Waals surface area contributed by atoms with Crippen molar-refractivity contribution >= 4 is 35.0 Å². The lowest BCUT2D eigenvalue weighted by atomic mass is 10.2. The van der Waals surface area contributed by atoms with Crippen molar-refractivity contribution in [2.45, 2.75) is 30.9 Å². The third-order valence-electron chi connectivity index (χ3n) is 4.41. The fraction of sp³-hybridized carbons (Fsp3) is 0.227. The molecule has 0 saturated carbocycles. The average Bonchev–Trinajstić information content (AvgIpc) is 3.27. The SMILES string of the molecule is C[C@H](C(=O)Nc1cccc(NC(=O)[C@@H](C)SCc2ccccc2)c1)n1cccn1. The van der Waals surface area contributed by atoms with Crippen LogP contribution in [0, 0.1) is 0 Å². The van der Waals surface area contributed by atoms with Crippen molar-refractivity contribution in [1.29, 1.82) is 0 Å². The highest BCUT2D eigenvalue weighted by molar-refractivity contribution is 7.99. The van der Waals surface area contributed by atoms with Crippen LogP contribution < -0.4 is 10.6 Å². The Kier molecular flexibility index (Phi) is 7.08. The fourth-order valence-corrected chi connectivity index (χ4v) is 3.51. The van der Waals surface area contributed by atoms with Crippen LogP contribution in [0.15, 0.2) is 73.1 Å². The average molecular weight is 409 g/mol. The van der Waals surface area contributed by atoms with Crippen molar-refractivity contribution in [3.05, 3.63) is 78.6 Å². The minimum absolute atomic E-state index is 0.0701. The minimum atomic E-state index is -0.433. The lowest BCUT2D eigenvalue weighted by molar-refractivity contribution is -0.119. The maximum Gasteiger partial charge on any atom is 0.248 e. The van der Waals surface area contributed by atoms with Gasteiger partial charge in [0.25, 0.3) is 0 Å². The Balaban J connectivity index is 1.54. The van der Waals surface area contributed by atoms with Crippen LogP contribution in [0.2, 0.25) is 0 Å². The third-order valence-corrected chi connectivity index (χ3v) is 5.62. The van der Waals surface area contributed by atoms with Crippen LogP contribution in [0.4, 0.5) is 11.4 Å². The van der Waals surface area contributed by atoms with E-state index in [9.17, 15) is 9.59 Å². The Labute approximate surface area is 174 Å². The number of benzene rings is 2. The Morgan fingerprint density at radius 3 is 2.31 bits per heavy atom. The fourth-order valence-electron chi connectivity index (χ4n) is 2.67. The van der Waals surface area contributed by atoms with E-state index in [0.717, 1.165) is 5.75 Å². The summed E-state index contributed by atoms with van der Waals surface area (Å²) in [4.78, 5) is 24.9. The number of thioether (sulfide) groups is 1. The largest absolute Gasteiger partial charge is 0.325 e. The van der Waals surface area contributed by atoms with Gasteiger partial charge in [-0.3, -0.25) is 14.3 Å². The first-order valence-corrected chi connectivity index (χ1v) is 10.4. The lowest BCUT2D eigenvalue weighted by Crippen LogP contribution is -2.24. The molecule has 0 aliphatic heterocycles. The number of rotatable bonds is 8. The highest BCUT2D eigenvalue weighted by atomic mass is 32.2. The molecule has 150 valence electrons. The Morgan fingerprint density at radius 2 is 1.66 bits per heavy atom. The van der Waals surface area contributed by atoms with Crippen molar-refractivity contribution in [1.82, 2.24) is 9.78 Å². The molecule has 0 radical (unpaired) electrons. The van der Waals surface area contributed by atoms with Gasteiger partial charge in [0.05, 0.1) is 5.25 Å². The second-order valence-corrected chi connectivity index (χ2v) is 7.99. The molecule has 2 atom stereocenters. The predicted molar refractivity (Wildman–Crippen MR) is 118 cm³/mol. The van der Waals surface area contributed by atoms with E-state index in [0.29, 0.717) is 11.4 Å². The van der Waals surface area contributed by atoms with Gasteiger partial charge in [0, 0.05) is 29.5 Å². The molecule has 1 aromatic heterocycles. The third kappa shape index (κ3) is 5.96. The van der Waals surface area contributed by atoms with E-state index in [1.54, 1.807) is 66.1 Å². The minimum Gasteiger partial charge on any atom is -0.325 e. The van der Waals surface area contributed by atoms with Crippen molar-refractivity contribution in [2.75, 3.05) is 10.6 Å². The molecule has 29 heavy (non-hydrogen) atoms. The van der Waals surface area contributed by atoms with Crippen LogP contribution >= 0.6 is 11.8 Å². The van der Waals surface area contributed by atoms with Crippen molar-refractivity contribution in [3.8, 4) is 0 Å². The lowest BCUT2D eigenvalue weighted by Gasteiger charge is -2.15. The van der Waals surface area contributed by atoms with Gasteiger partial charge in [0.2, 0.25) is 11.8 Å². The number of hydrogen-bond donors (Lipinski definition) is 2. The number of nitrogens with one attached hydrogen (secondary N) is 2. The molecule has 1 heterocycles. The zero-order valence-corrected chi connectivity index (χ0v) is 17.2. The Hall–Kier alpha value is -3.06. The molecule has 2 N–H and O–H groups in total. The highest BCUT2D eigenvalue weighted by Crippen LogP contribution is 2.21. The highest BCUT2D eigenvalue weighted by Gasteiger charge is 2.16. The molecule has 0 aliphatic carbocycles. The van der Waals surface area contributed by atoms with Gasteiger partial charge in [0.15, 0.2) is 0 Å². The molecular formula is C22H24N4O2S. The second kappa shape index (κ2) is 9.93. The van der Waals surface area contributed by atoms with E-state index >= 15 is 0 Å². The van der Waals surface area contributed by atoms with Crippen molar-refractivity contribution < 1.29 is 9.59 Å². The number of amides is 2. The van der Waals surface area contributed by atoms with Gasteiger partial charge in [-0.25, -0.2) is 0 Å². The van der Waals surface area contributed by atoms with E-state index in [4.69, 9.17) is 0 Å². The number of carbonyl (C=O) groups is 2. The first-order chi connectivity index (χ1) is 14.0. The summed E-state index contributed by atoms with van der Waals surface area (Å²) in [5, 5.41) is 9.67. The van der Waals surface area contributed by atoms with E-state index in [2.05, 4.69) is 15.7 Å². The standard InChI is InChI=1S/C22H24N4O2S/c1-16(26-13-7-12-23-26)21(27)24-19-10-6-11-20(14-19)25-22(28)17(2)29-15-18-8-4-3-5-9-18/h3-14,16-17H,15H2,1-2H3,(H,24,27)(H,25,28)/t16-,17-/m1/s1. The summed E-state index contributed by atoms with van der Waals surface area (Å²) in [6.45, 7) is 3.67. The van der Waals surface area contributed by atoms with Gasteiger partial charge < -0.3 is 10.6 Å². The molecule has 0 bridgehead atoms. The Bertz CT molecular complexity index is 944. The van der Waals surface area contributed by atoms with Gasteiger partial charge >= 0.3 is 0 Å². The summed E-state index contributed by atoms with van der Waals surface area (Å²) in [7, 11) is 0. The van der Waals surface area contributed by atoms with E-state index < -0.39 is 6.04 Å². The predicted octanol–water partition coefficient (Wildman–Crippen LogP) is 4.34. The zero-order valence-electron chi connectivity index (χ0n) is 16.4. The van der Waals surface area contributed by atoms with E-state index in [1.807, 2.05) is 37.3 Å². The number of aromatic nitrogens is 2. The summed E-state index contributed by atoms with van der Waals surface area (Å²) < 4.78 is 1.59. The van der Waals surface area contributed by atoms with Crippen LogP contribution in [-0.4, -0.2) is 26.8 Å². The van der Waals surface area contributed by atoms with E-state index in [-0.39, 0.29) is 17.1 Å². The van der Waals surface area contributed by atoms with Gasteiger partial charge in [-0.05, 0) is 43.7 Å². The molecule has 0 aliphatic rings. The first kappa shape index (κ1) is 20.7. The quantitative estimate of drug-likeness (QED) is 0.581. The molecule has 2 aromatic carbocycles. The first-order valence-electron chi connectivity index (χ1n) is 9.39. The molecule has 0 saturated heterocycles. The number of carbonyl (C=O) groups excluding carboxylic acids is 2. The van der Waals surface area contributed by atoms with Crippen LogP contribution in [-0.2, 0) is 15.3 Å². The summed E-state index contributed by atoms with van der Waals surface area (Å²) in [6.07, 6.45) is 3.38. The molecule has 0 unspecified atom stereocenters. The second-order valence-electron chi connectivity index (χ2n) is 6.66. The number of hydrogen-bond acceptors (Lipinski definition) is 4. The van der Waals surface area contributed by atoms with E-state index in [1.165, 1.54) is 5.56 Å². The van der Waals surface area contributed by atoms with Crippen LogP contribution in [0.25, 0.3) is 0 Å². The summed E-state index contributed by atoms with van der Waals surface area (Å²) in [5.41, 5.74) is 2.45. The van der Waals surface area contributed by atoms with Gasteiger partial charge in [-0.2, -0.15) is 5.10 Å². The summed E-state index contributed by atoms with van der Waals surface area (Å²) in [6, 6.07) is 18.5. The van der Waals surface area contributed by atoms with Crippen molar-refractivity contribution in [3.63, 3.8) is 0 Å². The smallest absolute Gasteiger partial charge is 0.248 e. The van der Waals surface area contributed by atoms with Gasteiger partial charge in [-0.1, -0.05) is 36.4 Å². The Morgan fingerprint density at radius 1 is 0.966 bits per heavy atom. The molecule has 7 heteroatoms. The molecule has 6 nitrogen and oxygen atoms in total. The van der Waals surface area contributed by atoms with Crippen LogP contribution in [0.5, 0.6) is 0 Å².